The molecular weight excluding hydrogens is 384 g/mol. The number of thiocarbonyl (C=S) groups is 1. The quantitative estimate of drug-likeness (QED) is 0.740. The predicted molar refractivity (Wildman–Crippen MR) is 120 cm³/mol. The Morgan fingerprint density at radius 1 is 1.10 bits per heavy atom. The highest BCUT2D eigenvalue weighted by atomic mass is 32.1. The lowest BCUT2D eigenvalue weighted by atomic mass is 9.92. The third kappa shape index (κ3) is 5.09. The zero-order chi connectivity index (χ0) is 20.2. The van der Waals surface area contributed by atoms with Gasteiger partial charge in [-0.2, -0.15) is 0 Å². The van der Waals surface area contributed by atoms with Gasteiger partial charge in [0.05, 0.1) is 11.9 Å². The number of piperidine rings is 1. The van der Waals surface area contributed by atoms with Crippen LogP contribution in [-0.4, -0.2) is 36.4 Å². The van der Waals surface area contributed by atoms with Gasteiger partial charge in [-0.05, 0) is 60.3 Å². The summed E-state index contributed by atoms with van der Waals surface area (Å²) < 4.78 is 11.2. The fourth-order valence-corrected chi connectivity index (χ4v) is 4.24. The van der Waals surface area contributed by atoms with Gasteiger partial charge in [-0.1, -0.05) is 19.9 Å². The lowest BCUT2D eigenvalue weighted by molar-refractivity contribution is 0.171. The van der Waals surface area contributed by atoms with Crippen LogP contribution in [0.15, 0.2) is 36.5 Å². The first-order valence-electron chi connectivity index (χ1n) is 10.2. The topological polar surface area (TPSA) is 58.7 Å². The third-order valence-electron chi connectivity index (χ3n) is 5.26. The summed E-state index contributed by atoms with van der Waals surface area (Å²) in [7, 11) is 0. The molecule has 2 N–H and O–H groups in total. The van der Waals surface area contributed by atoms with E-state index in [4.69, 9.17) is 21.7 Å². The largest absolute Gasteiger partial charge is 0.486 e. The molecule has 1 aromatic carbocycles. The van der Waals surface area contributed by atoms with Crippen LogP contribution in [0.4, 0.5) is 11.5 Å². The molecule has 0 aliphatic carbocycles. The number of hydrogen-bond acceptors (Lipinski definition) is 5. The maximum absolute atomic E-state index is 5.63. The summed E-state index contributed by atoms with van der Waals surface area (Å²) in [4.78, 5) is 7.01. The number of fused-ring (bicyclic) bond motifs is 1. The summed E-state index contributed by atoms with van der Waals surface area (Å²) >= 11 is 5.43. The lowest BCUT2D eigenvalue weighted by Crippen LogP contribution is -2.39. The normalized spacial score (nSPS) is 20.8. The van der Waals surface area contributed by atoms with Crippen molar-refractivity contribution in [2.45, 2.75) is 26.8 Å². The van der Waals surface area contributed by atoms with Crippen LogP contribution in [0, 0.1) is 11.8 Å². The molecule has 2 aliphatic heterocycles. The molecule has 2 unspecified atom stereocenters. The van der Waals surface area contributed by atoms with Crippen molar-refractivity contribution in [2.24, 2.45) is 11.8 Å². The van der Waals surface area contributed by atoms with Crippen molar-refractivity contribution in [3.05, 3.63) is 42.1 Å². The van der Waals surface area contributed by atoms with Gasteiger partial charge in [0.25, 0.3) is 0 Å². The van der Waals surface area contributed by atoms with E-state index in [1.807, 2.05) is 30.5 Å². The second-order valence-corrected chi connectivity index (χ2v) is 8.45. The van der Waals surface area contributed by atoms with Crippen LogP contribution in [0.3, 0.4) is 0 Å². The summed E-state index contributed by atoms with van der Waals surface area (Å²) in [6.45, 7) is 8.55. The highest BCUT2D eigenvalue weighted by molar-refractivity contribution is 7.80. The summed E-state index contributed by atoms with van der Waals surface area (Å²) in [6.07, 6.45) is 3.14. The maximum atomic E-state index is 5.63. The van der Waals surface area contributed by atoms with Gasteiger partial charge < -0.3 is 25.0 Å². The Balaban J connectivity index is 1.29. The summed E-state index contributed by atoms with van der Waals surface area (Å²) in [5.74, 6) is 4.02. The molecule has 0 bridgehead atoms. The average Bonchev–Trinajstić information content (AvgIpc) is 2.72. The monoisotopic (exact) mass is 412 g/mol. The van der Waals surface area contributed by atoms with E-state index in [1.165, 1.54) is 6.42 Å². The van der Waals surface area contributed by atoms with Crippen molar-refractivity contribution >= 4 is 28.8 Å². The molecule has 1 aromatic heterocycles. The highest BCUT2D eigenvalue weighted by Gasteiger charge is 2.22. The van der Waals surface area contributed by atoms with E-state index in [1.54, 1.807) is 0 Å². The molecule has 29 heavy (non-hydrogen) atoms. The number of aromatic nitrogens is 1. The average molecular weight is 413 g/mol. The molecule has 0 spiro atoms. The van der Waals surface area contributed by atoms with Crippen LogP contribution in [0.2, 0.25) is 0 Å². The summed E-state index contributed by atoms with van der Waals surface area (Å²) in [6, 6.07) is 10.0. The van der Waals surface area contributed by atoms with Crippen molar-refractivity contribution in [1.29, 1.82) is 0 Å². The SMILES string of the molecule is CC1CC(C)CN(c2ccc(NC(=S)NCc3ccc4c(c3)OCCO4)cn2)C1. The van der Waals surface area contributed by atoms with Crippen LogP contribution >= 0.6 is 12.2 Å². The third-order valence-corrected chi connectivity index (χ3v) is 5.50. The van der Waals surface area contributed by atoms with Gasteiger partial charge in [0, 0.05) is 19.6 Å². The van der Waals surface area contributed by atoms with Gasteiger partial charge >= 0.3 is 0 Å². The smallest absolute Gasteiger partial charge is 0.171 e. The Labute approximate surface area is 177 Å². The predicted octanol–water partition coefficient (Wildman–Crippen LogP) is 3.82. The molecule has 2 aliphatic rings. The van der Waals surface area contributed by atoms with Gasteiger partial charge in [0.2, 0.25) is 0 Å². The van der Waals surface area contributed by atoms with E-state index < -0.39 is 0 Å². The van der Waals surface area contributed by atoms with Gasteiger partial charge in [-0.15, -0.1) is 0 Å². The van der Waals surface area contributed by atoms with Crippen molar-refractivity contribution in [2.75, 3.05) is 36.5 Å². The minimum Gasteiger partial charge on any atom is -0.486 e. The number of rotatable bonds is 4. The Hall–Kier alpha value is -2.54. The molecular formula is C22H28N4O2S. The van der Waals surface area contributed by atoms with Crippen LogP contribution in [-0.2, 0) is 6.54 Å². The number of nitrogens with one attached hydrogen (secondary N) is 2. The minimum absolute atomic E-state index is 0.564. The second kappa shape index (κ2) is 8.86. The fourth-order valence-electron chi connectivity index (χ4n) is 4.05. The fraction of sp³-hybridized carbons (Fsp3) is 0.455. The molecule has 7 heteroatoms. The molecule has 4 rings (SSSR count). The number of ether oxygens (including phenoxy) is 2. The first-order chi connectivity index (χ1) is 14.1. The molecule has 0 radical (unpaired) electrons. The van der Waals surface area contributed by atoms with E-state index in [-0.39, 0.29) is 0 Å². The number of anilines is 2. The Kier molecular flexibility index (Phi) is 6.04. The van der Waals surface area contributed by atoms with E-state index in [9.17, 15) is 0 Å². The molecule has 6 nitrogen and oxygen atoms in total. The van der Waals surface area contributed by atoms with Crippen molar-refractivity contribution in [1.82, 2.24) is 10.3 Å². The molecule has 1 saturated heterocycles. The molecule has 3 heterocycles. The first kappa shape index (κ1) is 19.8. The van der Waals surface area contributed by atoms with Gasteiger partial charge in [0.1, 0.15) is 19.0 Å². The molecule has 2 atom stereocenters. The van der Waals surface area contributed by atoms with Crippen LogP contribution in [0.25, 0.3) is 0 Å². The van der Waals surface area contributed by atoms with Crippen LogP contribution in [0.1, 0.15) is 25.8 Å². The highest BCUT2D eigenvalue weighted by Crippen LogP contribution is 2.30. The van der Waals surface area contributed by atoms with Crippen LogP contribution < -0.4 is 25.0 Å². The van der Waals surface area contributed by atoms with Crippen molar-refractivity contribution in [3.8, 4) is 11.5 Å². The van der Waals surface area contributed by atoms with Gasteiger partial charge in [-0.3, -0.25) is 0 Å². The molecule has 154 valence electrons. The Morgan fingerprint density at radius 2 is 1.86 bits per heavy atom. The minimum atomic E-state index is 0.564. The van der Waals surface area contributed by atoms with Gasteiger partial charge in [0.15, 0.2) is 16.6 Å². The number of benzene rings is 1. The zero-order valence-corrected chi connectivity index (χ0v) is 17.8. The molecule has 0 amide bonds. The Morgan fingerprint density at radius 3 is 2.59 bits per heavy atom. The first-order valence-corrected chi connectivity index (χ1v) is 10.6. The summed E-state index contributed by atoms with van der Waals surface area (Å²) in [5.41, 5.74) is 1.96. The van der Waals surface area contributed by atoms with Crippen molar-refractivity contribution < 1.29 is 9.47 Å². The maximum Gasteiger partial charge on any atom is 0.171 e. The zero-order valence-electron chi connectivity index (χ0n) is 17.0. The second-order valence-electron chi connectivity index (χ2n) is 8.04. The van der Waals surface area contributed by atoms with E-state index in [2.05, 4.69) is 40.4 Å². The van der Waals surface area contributed by atoms with E-state index in [0.29, 0.717) is 36.7 Å². The standard InChI is InChI=1S/C22H28N4O2S/c1-15-9-16(2)14-26(13-15)21-6-4-18(12-23-21)25-22(29)24-11-17-3-5-19-20(10-17)28-8-7-27-19/h3-6,10,12,15-16H,7-9,11,13-14H2,1-2H3,(H2,24,25,29). The number of pyridine rings is 1. The van der Waals surface area contributed by atoms with E-state index in [0.717, 1.165) is 41.7 Å². The molecule has 2 aromatic rings. The van der Waals surface area contributed by atoms with Crippen molar-refractivity contribution in [3.63, 3.8) is 0 Å². The molecule has 1 fully saturated rings. The Bertz CT molecular complexity index is 848. The number of hydrogen-bond donors (Lipinski definition) is 2. The van der Waals surface area contributed by atoms with Gasteiger partial charge in [-0.25, -0.2) is 4.98 Å². The van der Waals surface area contributed by atoms with E-state index >= 15 is 0 Å². The molecule has 0 saturated carbocycles. The van der Waals surface area contributed by atoms with Crippen LogP contribution in [0.5, 0.6) is 11.5 Å². The number of nitrogens with zero attached hydrogens (tertiary/aromatic N) is 2. The lowest BCUT2D eigenvalue weighted by Gasteiger charge is -2.35. The summed E-state index contributed by atoms with van der Waals surface area (Å²) in [5, 5.41) is 7.00.